The standard InChI is InChI=1S/C26H20N4O6S/c1-2-12-36-17-7-5-6-15(13-17)23(31)21-22(19-8-3-4-11-27-19)29(25(33)24(21)32)26-28-18-10-9-16(30(34)35)14-20(18)37-26/h3-11,13-14,22,31H,2,12H2,1H3/b23-21+. The van der Waals surface area contributed by atoms with Gasteiger partial charge >= 0.3 is 5.91 Å². The number of aliphatic hydroxyl groups is 1. The molecule has 11 heteroatoms. The Bertz CT molecular complexity index is 1570. The fourth-order valence-corrected chi connectivity index (χ4v) is 5.10. The number of carbonyl (C=O) groups excluding carboxylic acids is 2. The summed E-state index contributed by atoms with van der Waals surface area (Å²) in [6.45, 7) is 2.46. The van der Waals surface area contributed by atoms with E-state index in [1.54, 1.807) is 42.5 Å². The number of ketones is 1. The van der Waals surface area contributed by atoms with E-state index in [0.717, 1.165) is 17.8 Å². The normalized spacial score (nSPS) is 16.9. The molecule has 1 amide bonds. The van der Waals surface area contributed by atoms with Crippen LogP contribution < -0.4 is 9.64 Å². The van der Waals surface area contributed by atoms with Crippen molar-refractivity contribution in [2.75, 3.05) is 11.5 Å². The number of nitrogens with zero attached hydrogens (tertiary/aromatic N) is 4. The number of aliphatic hydroxyl groups excluding tert-OH is 1. The first kappa shape index (κ1) is 24.1. The van der Waals surface area contributed by atoms with Crippen molar-refractivity contribution in [2.24, 2.45) is 0 Å². The van der Waals surface area contributed by atoms with Crippen molar-refractivity contribution in [3.63, 3.8) is 0 Å². The maximum absolute atomic E-state index is 13.3. The summed E-state index contributed by atoms with van der Waals surface area (Å²) in [6.07, 6.45) is 2.32. The molecule has 186 valence electrons. The summed E-state index contributed by atoms with van der Waals surface area (Å²) in [6, 6.07) is 14.8. The molecule has 1 N–H and O–H groups in total. The minimum absolute atomic E-state index is 0.115. The van der Waals surface area contributed by atoms with Gasteiger partial charge in [-0.3, -0.25) is 29.6 Å². The van der Waals surface area contributed by atoms with E-state index in [-0.39, 0.29) is 22.2 Å². The maximum Gasteiger partial charge on any atom is 0.301 e. The van der Waals surface area contributed by atoms with Crippen LogP contribution in [0.2, 0.25) is 0 Å². The smallest absolute Gasteiger partial charge is 0.301 e. The van der Waals surface area contributed by atoms with Crippen LogP contribution in [0.4, 0.5) is 10.8 Å². The maximum atomic E-state index is 13.3. The van der Waals surface area contributed by atoms with Crippen molar-refractivity contribution < 1.29 is 24.4 Å². The van der Waals surface area contributed by atoms with E-state index in [2.05, 4.69) is 9.97 Å². The molecule has 1 unspecified atom stereocenters. The summed E-state index contributed by atoms with van der Waals surface area (Å²) in [5, 5.41) is 22.7. The number of pyridine rings is 1. The van der Waals surface area contributed by atoms with E-state index < -0.39 is 22.7 Å². The fourth-order valence-electron chi connectivity index (χ4n) is 4.07. The highest BCUT2D eigenvalue weighted by atomic mass is 32.1. The van der Waals surface area contributed by atoms with Gasteiger partial charge in [-0.2, -0.15) is 0 Å². The van der Waals surface area contributed by atoms with Crippen LogP contribution in [-0.4, -0.2) is 38.3 Å². The summed E-state index contributed by atoms with van der Waals surface area (Å²) in [5.41, 5.74) is 0.852. The molecule has 37 heavy (non-hydrogen) atoms. The lowest BCUT2D eigenvalue weighted by molar-refractivity contribution is -0.384. The molecule has 0 radical (unpaired) electrons. The van der Waals surface area contributed by atoms with Gasteiger partial charge in [0.05, 0.1) is 33.0 Å². The van der Waals surface area contributed by atoms with Gasteiger partial charge in [0, 0.05) is 23.9 Å². The zero-order valence-corrected chi connectivity index (χ0v) is 20.3. The van der Waals surface area contributed by atoms with Crippen molar-refractivity contribution in [2.45, 2.75) is 19.4 Å². The number of ether oxygens (including phenoxy) is 1. The van der Waals surface area contributed by atoms with Crippen LogP contribution in [0.25, 0.3) is 16.0 Å². The first-order valence-electron chi connectivity index (χ1n) is 11.4. The van der Waals surface area contributed by atoms with Crippen LogP contribution in [0.1, 0.15) is 30.6 Å². The largest absolute Gasteiger partial charge is 0.507 e. The summed E-state index contributed by atoms with van der Waals surface area (Å²) >= 11 is 1.04. The van der Waals surface area contributed by atoms with Gasteiger partial charge in [0.1, 0.15) is 17.6 Å². The summed E-state index contributed by atoms with van der Waals surface area (Å²) in [5.74, 6) is -1.63. The average molecular weight is 517 g/mol. The molecule has 2 aromatic carbocycles. The molecular formula is C26H20N4O6S. The van der Waals surface area contributed by atoms with Crippen LogP contribution in [0.3, 0.4) is 0 Å². The second-order valence-corrected chi connectivity index (χ2v) is 9.21. The predicted molar refractivity (Wildman–Crippen MR) is 138 cm³/mol. The Morgan fingerprint density at radius 3 is 2.73 bits per heavy atom. The lowest BCUT2D eigenvalue weighted by Gasteiger charge is -2.22. The number of rotatable bonds is 7. The number of benzene rings is 2. The van der Waals surface area contributed by atoms with Gasteiger partial charge in [-0.15, -0.1) is 0 Å². The number of anilines is 1. The number of nitro groups is 1. The van der Waals surface area contributed by atoms with Gasteiger partial charge in [0.15, 0.2) is 5.13 Å². The monoisotopic (exact) mass is 516 g/mol. The van der Waals surface area contributed by atoms with Crippen molar-refractivity contribution >= 4 is 49.8 Å². The highest BCUT2D eigenvalue weighted by Crippen LogP contribution is 2.44. The number of nitro benzene ring substituents is 1. The summed E-state index contributed by atoms with van der Waals surface area (Å²) < 4.78 is 6.13. The number of carbonyl (C=O) groups is 2. The zero-order chi connectivity index (χ0) is 26.1. The van der Waals surface area contributed by atoms with E-state index in [0.29, 0.717) is 33.8 Å². The van der Waals surface area contributed by atoms with Crippen LogP contribution in [0.5, 0.6) is 5.75 Å². The Morgan fingerprint density at radius 2 is 2.00 bits per heavy atom. The number of aromatic nitrogens is 2. The van der Waals surface area contributed by atoms with Crippen molar-refractivity contribution in [3.05, 3.63) is 93.8 Å². The predicted octanol–water partition coefficient (Wildman–Crippen LogP) is 5.01. The average Bonchev–Trinajstić information content (AvgIpc) is 3.45. The Kier molecular flexibility index (Phi) is 6.36. The quantitative estimate of drug-likeness (QED) is 0.119. The Balaban J connectivity index is 1.66. The molecule has 1 aliphatic heterocycles. The molecule has 1 atom stereocenters. The first-order chi connectivity index (χ1) is 17.9. The van der Waals surface area contributed by atoms with Crippen molar-refractivity contribution in [3.8, 4) is 5.75 Å². The van der Waals surface area contributed by atoms with Crippen LogP contribution in [0.15, 0.2) is 72.4 Å². The van der Waals surface area contributed by atoms with Gasteiger partial charge in [-0.05, 0) is 36.8 Å². The third-order valence-corrected chi connectivity index (χ3v) is 6.79. The number of thiazole rings is 1. The minimum atomic E-state index is -1.06. The molecule has 1 saturated heterocycles. The van der Waals surface area contributed by atoms with Gasteiger partial charge in [0.2, 0.25) is 0 Å². The van der Waals surface area contributed by atoms with Crippen LogP contribution in [-0.2, 0) is 9.59 Å². The second-order valence-electron chi connectivity index (χ2n) is 8.21. The first-order valence-corrected chi connectivity index (χ1v) is 12.2. The Labute approximate surface area is 214 Å². The number of amides is 1. The van der Waals surface area contributed by atoms with E-state index in [4.69, 9.17) is 4.74 Å². The molecule has 3 heterocycles. The highest BCUT2D eigenvalue weighted by Gasteiger charge is 2.48. The molecule has 0 aliphatic carbocycles. The second kappa shape index (κ2) is 9.78. The number of non-ortho nitro benzene ring substituents is 1. The molecule has 10 nitrogen and oxygen atoms in total. The molecular weight excluding hydrogens is 496 g/mol. The molecule has 0 bridgehead atoms. The van der Waals surface area contributed by atoms with E-state index in [1.807, 2.05) is 6.92 Å². The number of hydrogen-bond donors (Lipinski definition) is 1. The molecule has 1 aliphatic rings. The number of fused-ring (bicyclic) bond motifs is 1. The van der Waals surface area contributed by atoms with Crippen LogP contribution in [0, 0.1) is 10.1 Å². The van der Waals surface area contributed by atoms with Gasteiger partial charge in [-0.25, -0.2) is 4.98 Å². The molecule has 0 spiro atoms. The molecule has 1 fully saturated rings. The Hall–Kier alpha value is -4.64. The Morgan fingerprint density at radius 1 is 1.16 bits per heavy atom. The lowest BCUT2D eigenvalue weighted by atomic mass is 9.98. The minimum Gasteiger partial charge on any atom is -0.507 e. The lowest BCUT2D eigenvalue weighted by Crippen LogP contribution is -2.29. The fraction of sp³-hybridized carbons (Fsp3) is 0.154. The summed E-state index contributed by atoms with van der Waals surface area (Å²) in [4.78, 5) is 47.3. The number of hydrogen-bond acceptors (Lipinski definition) is 9. The zero-order valence-electron chi connectivity index (χ0n) is 19.5. The van der Waals surface area contributed by atoms with Gasteiger partial charge < -0.3 is 9.84 Å². The topological polar surface area (TPSA) is 136 Å². The SMILES string of the molecule is CCCOc1cccc(/C(O)=C2\C(=O)C(=O)N(c3nc4ccc([N+](=O)[O-])cc4s3)C2c2ccccn2)c1. The van der Waals surface area contributed by atoms with Crippen molar-refractivity contribution in [1.82, 2.24) is 9.97 Å². The van der Waals surface area contributed by atoms with Crippen molar-refractivity contribution in [1.29, 1.82) is 0 Å². The summed E-state index contributed by atoms with van der Waals surface area (Å²) in [7, 11) is 0. The molecule has 2 aromatic heterocycles. The van der Waals surface area contributed by atoms with Gasteiger partial charge in [0.25, 0.3) is 11.5 Å². The van der Waals surface area contributed by atoms with E-state index in [1.165, 1.54) is 29.3 Å². The third-order valence-electron chi connectivity index (χ3n) is 5.77. The third kappa shape index (κ3) is 4.40. The van der Waals surface area contributed by atoms with E-state index >= 15 is 0 Å². The number of Topliss-reactive ketones (excluding diaryl/α,β-unsaturated/α-hetero) is 1. The van der Waals surface area contributed by atoms with Gasteiger partial charge in [-0.1, -0.05) is 36.5 Å². The van der Waals surface area contributed by atoms with Crippen LogP contribution >= 0.6 is 11.3 Å². The molecule has 0 saturated carbocycles. The molecule has 5 rings (SSSR count). The molecule has 4 aromatic rings. The van der Waals surface area contributed by atoms with E-state index in [9.17, 15) is 24.8 Å². The highest BCUT2D eigenvalue weighted by molar-refractivity contribution is 7.22.